The van der Waals surface area contributed by atoms with Gasteiger partial charge in [0.1, 0.15) is 7.28 Å². The highest BCUT2D eigenvalue weighted by Crippen LogP contribution is 2.17. The summed E-state index contributed by atoms with van der Waals surface area (Å²) in [5, 5.41) is 0. The number of unbranched alkanes of at least 4 members (excludes halogenated alkanes) is 2. The Morgan fingerprint density at radius 2 is 1.90 bits per heavy atom. The Morgan fingerprint density at radius 3 is 2.30 bits per heavy atom. The number of rotatable bonds is 6. The molecule has 1 radical (unpaired) electrons. The van der Waals surface area contributed by atoms with Gasteiger partial charge in [-0.05, 0) is 0 Å². The van der Waals surface area contributed by atoms with E-state index in [-0.39, 0.29) is 0 Å². The molecule has 0 aromatic carbocycles. The van der Waals surface area contributed by atoms with E-state index in [9.17, 15) is 0 Å². The summed E-state index contributed by atoms with van der Waals surface area (Å²) in [6.45, 7) is 6.72. The van der Waals surface area contributed by atoms with Crippen LogP contribution in [0.1, 0.15) is 46.0 Å². The van der Waals surface area contributed by atoms with Crippen molar-refractivity contribution in [3.05, 3.63) is 0 Å². The molecular formula is C9H20B. The molecule has 0 bridgehead atoms. The average Bonchev–Trinajstić information content (AvgIpc) is 1.99. The lowest BCUT2D eigenvalue weighted by Gasteiger charge is -2.09. The Hall–Kier alpha value is 0.0649. The van der Waals surface area contributed by atoms with E-state index in [4.69, 9.17) is 0 Å². The fourth-order valence-corrected chi connectivity index (χ4v) is 1.26. The van der Waals surface area contributed by atoms with E-state index >= 15 is 0 Å². The van der Waals surface area contributed by atoms with E-state index in [1.54, 1.807) is 0 Å². The third-order valence-electron chi connectivity index (χ3n) is 2.17. The first-order valence-corrected chi connectivity index (χ1v) is 4.64. The van der Waals surface area contributed by atoms with Crippen LogP contribution in [0.15, 0.2) is 0 Å². The van der Waals surface area contributed by atoms with Crippen molar-refractivity contribution in [1.82, 2.24) is 0 Å². The van der Waals surface area contributed by atoms with Crippen molar-refractivity contribution >= 4 is 7.28 Å². The maximum absolute atomic E-state index is 2.34. The Bertz CT molecular complexity index is 57.7. The summed E-state index contributed by atoms with van der Waals surface area (Å²) in [4.78, 5) is 0. The topological polar surface area (TPSA) is 0 Å². The highest BCUT2D eigenvalue weighted by molar-refractivity contribution is 6.35. The van der Waals surface area contributed by atoms with Crippen molar-refractivity contribution in [2.24, 2.45) is 0 Å². The molecule has 1 heteroatoms. The van der Waals surface area contributed by atoms with Crippen LogP contribution in [-0.4, -0.2) is 7.28 Å². The van der Waals surface area contributed by atoms with Gasteiger partial charge in [-0.15, -0.1) is 0 Å². The average molecular weight is 139 g/mol. The van der Waals surface area contributed by atoms with Crippen LogP contribution in [0, 0.1) is 0 Å². The molecule has 0 spiro atoms. The van der Waals surface area contributed by atoms with Crippen molar-refractivity contribution in [3.8, 4) is 0 Å². The Labute approximate surface area is 66.6 Å². The van der Waals surface area contributed by atoms with Gasteiger partial charge in [-0.25, -0.2) is 0 Å². The largest absolute Gasteiger partial charge is 0.110 e. The van der Waals surface area contributed by atoms with Gasteiger partial charge in [-0.2, -0.15) is 0 Å². The van der Waals surface area contributed by atoms with Crippen LogP contribution in [-0.2, 0) is 0 Å². The second-order valence-electron chi connectivity index (χ2n) is 3.00. The van der Waals surface area contributed by atoms with Crippen LogP contribution < -0.4 is 0 Å². The van der Waals surface area contributed by atoms with Gasteiger partial charge in [0.05, 0.1) is 0 Å². The minimum atomic E-state index is 0.881. The summed E-state index contributed by atoms with van der Waals surface area (Å²) in [5.41, 5.74) is 0. The van der Waals surface area contributed by atoms with Crippen molar-refractivity contribution in [1.29, 1.82) is 0 Å². The quantitative estimate of drug-likeness (QED) is 0.390. The molecule has 0 N–H and O–H groups in total. The molecule has 59 valence electrons. The maximum Gasteiger partial charge on any atom is 0.110 e. The lowest BCUT2D eigenvalue weighted by Crippen LogP contribution is -1.97. The van der Waals surface area contributed by atoms with Gasteiger partial charge >= 0.3 is 0 Å². The summed E-state index contributed by atoms with van der Waals surface area (Å²) >= 11 is 0. The molecule has 0 saturated heterocycles. The monoisotopic (exact) mass is 139 g/mol. The minimum absolute atomic E-state index is 0.881. The second kappa shape index (κ2) is 7.18. The summed E-state index contributed by atoms with van der Waals surface area (Å²) in [6.07, 6.45) is 6.89. The molecule has 0 aromatic heterocycles. The van der Waals surface area contributed by atoms with Crippen molar-refractivity contribution in [2.45, 2.75) is 58.6 Å². The third kappa shape index (κ3) is 4.90. The molecular weight excluding hydrogens is 119 g/mol. The van der Waals surface area contributed by atoms with Gasteiger partial charge in [0.2, 0.25) is 0 Å². The first-order valence-electron chi connectivity index (χ1n) is 4.64. The van der Waals surface area contributed by atoms with Crippen LogP contribution in [0.5, 0.6) is 0 Å². The second-order valence-corrected chi connectivity index (χ2v) is 3.00. The highest BCUT2D eigenvalue weighted by Gasteiger charge is 2.02. The molecule has 0 saturated carbocycles. The lowest BCUT2D eigenvalue weighted by atomic mass is 9.63. The first kappa shape index (κ1) is 10.1. The van der Waals surface area contributed by atoms with Gasteiger partial charge < -0.3 is 0 Å². The fourth-order valence-electron chi connectivity index (χ4n) is 1.26. The minimum Gasteiger partial charge on any atom is -0.0917 e. The molecule has 0 rings (SSSR count). The van der Waals surface area contributed by atoms with Gasteiger partial charge in [0.15, 0.2) is 0 Å². The summed E-state index contributed by atoms with van der Waals surface area (Å²) in [7, 11) is 2.34. The molecule has 0 aliphatic heterocycles. The molecule has 0 amide bonds. The van der Waals surface area contributed by atoms with Crippen LogP contribution in [0.25, 0.3) is 0 Å². The number of hydrogen-bond acceptors (Lipinski definition) is 0. The van der Waals surface area contributed by atoms with E-state index in [2.05, 4.69) is 28.0 Å². The molecule has 0 aliphatic rings. The van der Waals surface area contributed by atoms with E-state index in [1.165, 1.54) is 32.1 Å². The van der Waals surface area contributed by atoms with Crippen LogP contribution in [0.3, 0.4) is 0 Å². The predicted molar refractivity (Wildman–Crippen MR) is 49.8 cm³/mol. The lowest BCUT2D eigenvalue weighted by molar-refractivity contribution is 0.620. The predicted octanol–water partition coefficient (Wildman–Crippen LogP) is 3.52. The van der Waals surface area contributed by atoms with Gasteiger partial charge in [0, 0.05) is 0 Å². The third-order valence-corrected chi connectivity index (χ3v) is 2.17. The van der Waals surface area contributed by atoms with E-state index < -0.39 is 0 Å². The zero-order valence-corrected chi connectivity index (χ0v) is 7.69. The molecule has 0 aromatic rings. The molecule has 0 nitrogen and oxygen atoms in total. The SMILES string of the molecule is C[B]C(CC)CCCCC. The van der Waals surface area contributed by atoms with E-state index in [0.29, 0.717) is 0 Å². The standard InChI is InChI=1S/C9H20B/c1-4-6-7-8-9(5-2)10-3/h9H,4-8H2,1-3H3. The Kier molecular flexibility index (Phi) is 7.22. The zero-order valence-electron chi connectivity index (χ0n) is 7.69. The molecule has 0 fully saturated rings. The van der Waals surface area contributed by atoms with E-state index in [1.807, 2.05) is 0 Å². The maximum atomic E-state index is 2.34. The highest BCUT2D eigenvalue weighted by atomic mass is 14.0. The van der Waals surface area contributed by atoms with Crippen molar-refractivity contribution in [2.75, 3.05) is 0 Å². The van der Waals surface area contributed by atoms with Gasteiger partial charge in [-0.3, -0.25) is 0 Å². The molecule has 1 atom stereocenters. The van der Waals surface area contributed by atoms with Crippen LogP contribution in [0.4, 0.5) is 0 Å². The summed E-state index contributed by atoms with van der Waals surface area (Å²) in [6, 6.07) is 0. The molecule has 10 heavy (non-hydrogen) atoms. The van der Waals surface area contributed by atoms with Gasteiger partial charge in [-0.1, -0.05) is 58.6 Å². The zero-order chi connectivity index (χ0) is 7.82. The van der Waals surface area contributed by atoms with Crippen molar-refractivity contribution in [3.63, 3.8) is 0 Å². The Balaban J connectivity index is 3.09. The van der Waals surface area contributed by atoms with Gasteiger partial charge in [0.25, 0.3) is 0 Å². The fraction of sp³-hybridized carbons (Fsp3) is 1.00. The molecule has 1 unspecified atom stereocenters. The Morgan fingerprint density at radius 1 is 1.20 bits per heavy atom. The van der Waals surface area contributed by atoms with E-state index in [0.717, 1.165) is 5.82 Å². The normalized spacial score (nSPS) is 13.1. The van der Waals surface area contributed by atoms with Crippen LogP contribution in [0.2, 0.25) is 12.6 Å². The smallest absolute Gasteiger partial charge is 0.0917 e. The number of hydrogen-bond donors (Lipinski definition) is 0. The summed E-state index contributed by atoms with van der Waals surface area (Å²) in [5.74, 6) is 0.881. The van der Waals surface area contributed by atoms with Crippen LogP contribution >= 0.6 is 0 Å². The summed E-state index contributed by atoms with van der Waals surface area (Å²) < 4.78 is 0. The molecule has 0 aliphatic carbocycles. The first-order chi connectivity index (χ1) is 4.85. The van der Waals surface area contributed by atoms with Crippen molar-refractivity contribution < 1.29 is 0 Å². The molecule has 0 heterocycles.